The smallest absolute Gasteiger partial charge is 0.331 e. The Morgan fingerprint density at radius 3 is 2.80 bits per heavy atom. The number of ether oxygens (including phenoxy) is 1. The number of anilines is 1. The lowest BCUT2D eigenvalue weighted by Gasteiger charge is -2.25. The molecule has 1 aromatic carbocycles. The van der Waals surface area contributed by atoms with Crippen LogP contribution in [0.3, 0.4) is 0 Å². The molecule has 2 aliphatic heterocycles. The van der Waals surface area contributed by atoms with Crippen LogP contribution in [0.1, 0.15) is 18.4 Å². The van der Waals surface area contributed by atoms with Gasteiger partial charge in [-0.2, -0.15) is 0 Å². The number of benzene rings is 1. The van der Waals surface area contributed by atoms with Gasteiger partial charge in [-0.1, -0.05) is 0 Å². The lowest BCUT2D eigenvalue weighted by Crippen LogP contribution is -2.56. The van der Waals surface area contributed by atoms with E-state index in [1.54, 1.807) is 13.0 Å². The molecule has 0 saturated carbocycles. The largest absolute Gasteiger partial charge is 0.479 e. The summed E-state index contributed by atoms with van der Waals surface area (Å²) >= 11 is 0. The standard InChI is InChI=1S/C17H19FN2O5/c1-10-6-12(2-3-13(10)18)20-8-11(7-14(20)21)15(22)19-17(16(23)24)4-5-25-9-17/h2-3,6,11H,4-5,7-9H2,1H3,(H,19,22)(H,23,24). The maximum Gasteiger partial charge on any atom is 0.331 e. The van der Waals surface area contributed by atoms with Crippen molar-refractivity contribution in [2.24, 2.45) is 5.92 Å². The summed E-state index contributed by atoms with van der Waals surface area (Å²) in [6.45, 7) is 1.90. The number of amides is 2. The minimum Gasteiger partial charge on any atom is -0.479 e. The van der Waals surface area contributed by atoms with Crippen LogP contribution in [0.2, 0.25) is 0 Å². The molecule has 134 valence electrons. The molecule has 0 aliphatic carbocycles. The number of halogens is 1. The van der Waals surface area contributed by atoms with Crippen molar-refractivity contribution in [3.63, 3.8) is 0 Å². The summed E-state index contributed by atoms with van der Waals surface area (Å²) in [5.74, 6) is -2.90. The molecule has 0 radical (unpaired) electrons. The van der Waals surface area contributed by atoms with Crippen LogP contribution < -0.4 is 10.2 Å². The Bertz CT molecular complexity index is 730. The first-order valence-corrected chi connectivity index (χ1v) is 8.02. The number of carboxylic acid groups (broad SMARTS) is 1. The third-order valence-corrected chi connectivity index (χ3v) is 4.74. The second-order valence-electron chi connectivity index (χ2n) is 6.52. The molecule has 2 heterocycles. The van der Waals surface area contributed by atoms with Crippen LogP contribution in [-0.2, 0) is 19.1 Å². The van der Waals surface area contributed by atoms with Crippen molar-refractivity contribution in [1.29, 1.82) is 0 Å². The van der Waals surface area contributed by atoms with E-state index in [1.807, 2.05) is 0 Å². The average Bonchev–Trinajstić information content (AvgIpc) is 3.18. The van der Waals surface area contributed by atoms with Gasteiger partial charge in [0.15, 0.2) is 5.54 Å². The fourth-order valence-electron chi connectivity index (χ4n) is 3.15. The SMILES string of the molecule is Cc1cc(N2CC(C(=O)NC3(C(=O)O)CCOC3)CC2=O)ccc1F. The Morgan fingerprint density at radius 1 is 1.44 bits per heavy atom. The van der Waals surface area contributed by atoms with E-state index in [0.717, 1.165) is 0 Å². The van der Waals surface area contributed by atoms with Gasteiger partial charge in [-0.15, -0.1) is 0 Å². The predicted octanol–water partition coefficient (Wildman–Crippen LogP) is 0.847. The van der Waals surface area contributed by atoms with Gasteiger partial charge in [0.2, 0.25) is 11.8 Å². The van der Waals surface area contributed by atoms with Crippen molar-refractivity contribution >= 4 is 23.5 Å². The Labute approximate surface area is 143 Å². The quantitative estimate of drug-likeness (QED) is 0.839. The van der Waals surface area contributed by atoms with Crippen LogP contribution >= 0.6 is 0 Å². The summed E-state index contributed by atoms with van der Waals surface area (Å²) in [5.41, 5.74) is -0.498. The summed E-state index contributed by atoms with van der Waals surface area (Å²) < 4.78 is 18.5. The highest BCUT2D eigenvalue weighted by molar-refractivity contribution is 6.01. The highest BCUT2D eigenvalue weighted by Gasteiger charge is 2.46. The van der Waals surface area contributed by atoms with Gasteiger partial charge in [-0.25, -0.2) is 9.18 Å². The summed E-state index contributed by atoms with van der Waals surface area (Å²) in [5, 5.41) is 11.9. The molecule has 2 amide bonds. The topological polar surface area (TPSA) is 95.9 Å². The van der Waals surface area contributed by atoms with E-state index in [1.165, 1.54) is 17.0 Å². The Kier molecular flexibility index (Phi) is 4.47. The van der Waals surface area contributed by atoms with E-state index in [2.05, 4.69) is 5.32 Å². The molecule has 2 saturated heterocycles. The highest BCUT2D eigenvalue weighted by atomic mass is 19.1. The van der Waals surface area contributed by atoms with Crippen LogP contribution in [0.25, 0.3) is 0 Å². The molecule has 8 heteroatoms. The number of carbonyl (C=O) groups is 3. The Hall–Kier alpha value is -2.48. The number of hydrogen-bond acceptors (Lipinski definition) is 4. The molecule has 3 rings (SSSR count). The van der Waals surface area contributed by atoms with Crippen LogP contribution in [0.15, 0.2) is 18.2 Å². The molecule has 1 aromatic rings. The van der Waals surface area contributed by atoms with Gasteiger partial charge >= 0.3 is 5.97 Å². The summed E-state index contributed by atoms with van der Waals surface area (Å²) in [7, 11) is 0. The van der Waals surface area contributed by atoms with Crippen molar-refractivity contribution in [3.8, 4) is 0 Å². The third-order valence-electron chi connectivity index (χ3n) is 4.74. The minimum atomic E-state index is -1.43. The van der Waals surface area contributed by atoms with E-state index >= 15 is 0 Å². The monoisotopic (exact) mass is 350 g/mol. The highest BCUT2D eigenvalue weighted by Crippen LogP contribution is 2.28. The molecular weight excluding hydrogens is 331 g/mol. The van der Waals surface area contributed by atoms with Gasteiger partial charge < -0.3 is 20.1 Å². The second-order valence-corrected chi connectivity index (χ2v) is 6.52. The molecule has 2 N–H and O–H groups in total. The lowest BCUT2D eigenvalue weighted by molar-refractivity contribution is -0.148. The van der Waals surface area contributed by atoms with Gasteiger partial charge in [0.1, 0.15) is 5.82 Å². The van der Waals surface area contributed by atoms with Crippen molar-refractivity contribution in [1.82, 2.24) is 5.32 Å². The molecule has 0 spiro atoms. The van der Waals surface area contributed by atoms with Gasteiger partial charge in [-0.3, -0.25) is 9.59 Å². The van der Waals surface area contributed by atoms with Crippen molar-refractivity contribution < 1.29 is 28.6 Å². The molecule has 2 atom stereocenters. The van der Waals surface area contributed by atoms with E-state index in [9.17, 15) is 23.9 Å². The number of aliphatic carboxylic acids is 1. The number of aryl methyl sites for hydroxylation is 1. The molecular formula is C17H19FN2O5. The molecule has 7 nitrogen and oxygen atoms in total. The van der Waals surface area contributed by atoms with Crippen molar-refractivity contribution in [2.75, 3.05) is 24.7 Å². The zero-order valence-electron chi connectivity index (χ0n) is 13.8. The molecule has 2 fully saturated rings. The van der Waals surface area contributed by atoms with E-state index in [4.69, 9.17) is 4.74 Å². The zero-order valence-corrected chi connectivity index (χ0v) is 13.8. The minimum absolute atomic E-state index is 0.0151. The summed E-state index contributed by atoms with van der Waals surface area (Å²) in [6, 6.07) is 4.32. The zero-order chi connectivity index (χ0) is 18.2. The third kappa shape index (κ3) is 3.21. The first kappa shape index (κ1) is 17.3. The summed E-state index contributed by atoms with van der Waals surface area (Å²) in [6.07, 6.45) is 0.175. The number of hydrogen-bond donors (Lipinski definition) is 2. The normalized spacial score (nSPS) is 26.1. The van der Waals surface area contributed by atoms with E-state index in [0.29, 0.717) is 11.3 Å². The van der Waals surface area contributed by atoms with Gasteiger partial charge in [0.05, 0.1) is 12.5 Å². The maximum atomic E-state index is 13.4. The second kappa shape index (κ2) is 6.44. The number of carbonyl (C=O) groups excluding carboxylic acids is 2. The molecule has 2 aliphatic rings. The van der Waals surface area contributed by atoms with Crippen molar-refractivity contribution in [3.05, 3.63) is 29.6 Å². The van der Waals surface area contributed by atoms with Crippen LogP contribution in [0, 0.1) is 18.7 Å². The van der Waals surface area contributed by atoms with E-state index in [-0.39, 0.29) is 44.3 Å². The van der Waals surface area contributed by atoms with Gasteiger partial charge in [0.25, 0.3) is 0 Å². The molecule has 2 unspecified atom stereocenters. The number of nitrogens with zero attached hydrogens (tertiary/aromatic N) is 1. The van der Waals surface area contributed by atoms with Crippen LogP contribution in [-0.4, -0.2) is 48.2 Å². The van der Waals surface area contributed by atoms with Gasteiger partial charge in [-0.05, 0) is 30.7 Å². The molecule has 0 aromatic heterocycles. The molecule has 0 bridgehead atoms. The van der Waals surface area contributed by atoms with E-state index < -0.39 is 23.3 Å². The van der Waals surface area contributed by atoms with Crippen molar-refractivity contribution in [2.45, 2.75) is 25.3 Å². The molecule has 25 heavy (non-hydrogen) atoms. The average molecular weight is 350 g/mol. The lowest BCUT2D eigenvalue weighted by atomic mass is 9.97. The maximum absolute atomic E-state index is 13.4. The Balaban J connectivity index is 1.72. The number of rotatable bonds is 4. The van der Waals surface area contributed by atoms with Crippen LogP contribution in [0.4, 0.5) is 10.1 Å². The first-order chi connectivity index (χ1) is 11.8. The fourth-order valence-corrected chi connectivity index (χ4v) is 3.15. The van der Waals surface area contributed by atoms with Gasteiger partial charge in [0, 0.05) is 31.7 Å². The summed E-state index contributed by atoms with van der Waals surface area (Å²) in [4.78, 5) is 37.6. The Morgan fingerprint density at radius 2 is 2.20 bits per heavy atom. The number of nitrogens with one attached hydrogen (secondary N) is 1. The first-order valence-electron chi connectivity index (χ1n) is 8.02. The number of carboxylic acids is 1. The fraction of sp³-hybridized carbons (Fsp3) is 0.471. The predicted molar refractivity (Wildman–Crippen MR) is 85.5 cm³/mol. The van der Waals surface area contributed by atoms with Crippen LogP contribution in [0.5, 0.6) is 0 Å².